The van der Waals surface area contributed by atoms with Gasteiger partial charge in [-0.05, 0) is 31.4 Å². The van der Waals surface area contributed by atoms with Gasteiger partial charge < -0.3 is 10.0 Å². The van der Waals surface area contributed by atoms with E-state index in [0.29, 0.717) is 0 Å². The Balaban J connectivity index is 2.41. The van der Waals surface area contributed by atoms with E-state index in [0.717, 1.165) is 18.7 Å². The Hall–Kier alpha value is -1.51. The molecule has 1 saturated heterocycles. The van der Waals surface area contributed by atoms with E-state index in [-0.39, 0.29) is 11.8 Å². The molecule has 0 saturated carbocycles. The molecule has 1 fully saturated rings. The molecule has 0 unspecified atom stereocenters. The van der Waals surface area contributed by atoms with Crippen LogP contribution in [0.5, 0.6) is 0 Å². The van der Waals surface area contributed by atoms with E-state index in [9.17, 15) is 4.79 Å². The molecule has 1 heterocycles. The summed E-state index contributed by atoms with van der Waals surface area (Å²) in [4.78, 5) is 13.5. The molecule has 0 atom stereocenters. The van der Waals surface area contributed by atoms with Crippen molar-refractivity contribution in [2.75, 3.05) is 18.0 Å². The van der Waals surface area contributed by atoms with E-state index in [1.54, 1.807) is 0 Å². The second-order valence-electron chi connectivity index (χ2n) is 6.17. The van der Waals surface area contributed by atoms with E-state index in [4.69, 9.17) is 5.11 Å². The largest absolute Gasteiger partial charge is 0.481 e. The first-order valence-corrected chi connectivity index (χ1v) is 6.98. The zero-order valence-electron chi connectivity index (χ0n) is 12.1. The Morgan fingerprint density at radius 1 is 1.32 bits per heavy atom. The molecule has 19 heavy (non-hydrogen) atoms. The number of aryl methyl sites for hydroxylation is 1. The molecule has 0 radical (unpaired) electrons. The summed E-state index contributed by atoms with van der Waals surface area (Å²) in [7, 11) is 0. The first-order valence-electron chi connectivity index (χ1n) is 6.98. The topological polar surface area (TPSA) is 40.5 Å². The Morgan fingerprint density at radius 3 is 2.53 bits per heavy atom. The fourth-order valence-corrected chi connectivity index (χ4v) is 2.90. The van der Waals surface area contributed by atoms with E-state index < -0.39 is 5.97 Å². The zero-order valence-corrected chi connectivity index (χ0v) is 12.1. The van der Waals surface area contributed by atoms with Crippen molar-refractivity contribution < 1.29 is 9.90 Å². The van der Waals surface area contributed by atoms with Crippen molar-refractivity contribution in [3.05, 3.63) is 29.3 Å². The van der Waals surface area contributed by atoms with Crippen LogP contribution in [0.25, 0.3) is 0 Å². The van der Waals surface area contributed by atoms with Gasteiger partial charge in [-0.1, -0.05) is 31.5 Å². The Labute approximate surface area is 115 Å². The summed E-state index contributed by atoms with van der Waals surface area (Å²) < 4.78 is 0. The highest BCUT2D eigenvalue weighted by Gasteiger charge is 2.29. The summed E-state index contributed by atoms with van der Waals surface area (Å²) in [6.45, 7) is 8.28. The van der Waals surface area contributed by atoms with E-state index in [2.05, 4.69) is 30.0 Å². The van der Waals surface area contributed by atoms with Gasteiger partial charge in [-0.2, -0.15) is 0 Å². The molecular weight excluding hydrogens is 238 g/mol. The monoisotopic (exact) mass is 261 g/mol. The van der Waals surface area contributed by atoms with Crippen molar-refractivity contribution in [2.24, 2.45) is 0 Å². The van der Waals surface area contributed by atoms with Crippen LogP contribution in [-0.4, -0.2) is 24.2 Å². The van der Waals surface area contributed by atoms with Crippen molar-refractivity contribution in [1.29, 1.82) is 0 Å². The van der Waals surface area contributed by atoms with Crippen molar-refractivity contribution >= 4 is 11.7 Å². The number of carbonyl (C=O) groups is 1. The van der Waals surface area contributed by atoms with E-state index >= 15 is 0 Å². The van der Waals surface area contributed by atoms with Gasteiger partial charge in [-0.25, -0.2) is 0 Å². The van der Waals surface area contributed by atoms with E-state index in [1.165, 1.54) is 24.1 Å². The minimum Gasteiger partial charge on any atom is -0.481 e. The highest BCUT2D eigenvalue weighted by molar-refractivity contribution is 5.70. The van der Waals surface area contributed by atoms with Crippen molar-refractivity contribution in [3.63, 3.8) is 0 Å². The zero-order chi connectivity index (χ0) is 14.0. The average Bonchev–Trinajstić information content (AvgIpc) is 2.80. The molecule has 1 aliphatic rings. The molecule has 2 rings (SSSR count). The lowest BCUT2D eigenvalue weighted by Crippen LogP contribution is -2.27. The normalized spacial score (nSPS) is 15.8. The molecule has 0 aliphatic carbocycles. The minimum atomic E-state index is -0.737. The van der Waals surface area contributed by atoms with Gasteiger partial charge in [0.2, 0.25) is 0 Å². The van der Waals surface area contributed by atoms with Gasteiger partial charge in [0.15, 0.2) is 0 Å². The van der Waals surface area contributed by atoms with Crippen LogP contribution in [0.15, 0.2) is 18.2 Å². The second-order valence-corrected chi connectivity index (χ2v) is 6.17. The average molecular weight is 261 g/mol. The number of benzene rings is 1. The number of carboxylic acids is 1. The molecule has 1 aromatic carbocycles. The first-order chi connectivity index (χ1) is 8.90. The minimum absolute atomic E-state index is 0.164. The van der Waals surface area contributed by atoms with Crippen LogP contribution in [-0.2, 0) is 10.2 Å². The third-order valence-corrected chi connectivity index (χ3v) is 3.92. The fourth-order valence-electron chi connectivity index (χ4n) is 2.90. The molecule has 0 spiro atoms. The summed E-state index contributed by atoms with van der Waals surface area (Å²) in [5, 5.41) is 9.12. The lowest BCUT2D eigenvalue weighted by molar-refractivity contribution is -0.138. The van der Waals surface area contributed by atoms with Crippen LogP contribution in [0.2, 0.25) is 0 Å². The predicted octanol–water partition coefficient (Wildman–Crippen LogP) is 3.35. The summed E-state index contributed by atoms with van der Waals surface area (Å²) in [5.74, 6) is -0.737. The molecular formula is C16H23NO2. The Kier molecular flexibility index (Phi) is 3.83. The third-order valence-electron chi connectivity index (χ3n) is 3.92. The van der Waals surface area contributed by atoms with Crippen LogP contribution in [0.3, 0.4) is 0 Å². The fraction of sp³-hybridized carbons (Fsp3) is 0.562. The van der Waals surface area contributed by atoms with E-state index in [1.807, 2.05) is 13.8 Å². The van der Waals surface area contributed by atoms with Crippen molar-refractivity contribution in [1.82, 2.24) is 0 Å². The van der Waals surface area contributed by atoms with Gasteiger partial charge in [0.05, 0.1) is 6.42 Å². The van der Waals surface area contributed by atoms with Gasteiger partial charge in [-0.3, -0.25) is 4.79 Å². The second kappa shape index (κ2) is 5.24. The molecule has 0 bridgehead atoms. The summed E-state index contributed by atoms with van der Waals surface area (Å²) >= 11 is 0. The SMILES string of the molecule is Cc1ccc(N2CCCC2)c(C(C)(C)CC(=O)O)c1. The predicted molar refractivity (Wildman–Crippen MR) is 77.9 cm³/mol. The maximum atomic E-state index is 11.1. The number of nitrogens with zero attached hydrogens (tertiary/aromatic N) is 1. The van der Waals surface area contributed by atoms with Crippen LogP contribution in [0.1, 0.15) is 44.2 Å². The van der Waals surface area contributed by atoms with Gasteiger partial charge in [0, 0.05) is 24.2 Å². The molecule has 1 aliphatic heterocycles. The molecule has 104 valence electrons. The number of anilines is 1. The Bertz CT molecular complexity index is 474. The van der Waals surface area contributed by atoms with Gasteiger partial charge in [-0.15, -0.1) is 0 Å². The summed E-state index contributed by atoms with van der Waals surface area (Å²) in [6, 6.07) is 6.42. The standard InChI is InChI=1S/C16H23NO2/c1-12-6-7-14(17-8-4-5-9-17)13(10-12)16(2,3)11-15(18)19/h6-7,10H,4-5,8-9,11H2,1-3H3,(H,18,19). The van der Waals surface area contributed by atoms with Crippen molar-refractivity contribution in [3.8, 4) is 0 Å². The third kappa shape index (κ3) is 3.09. The lowest BCUT2D eigenvalue weighted by atomic mass is 9.79. The van der Waals surface area contributed by atoms with Crippen LogP contribution >= 0.6 is 0 Å². The highest BCUT2D eigenvalue weighted by Crippen LogP contribution is 2.36. The Morgan fingerprint density at radius 2 is 1.95 bits per heavy atom. The molecule has 3 heteroatoms. The van der Waals surface area contributed by atoms with Gasteiger partial charge in [0.1, 0.15) is 0 Å². The summed E-state index contributed by atoms with van der Waals surface area (Å²) in [5.41, 5.74) is 3.23. The maximum Gasteiger partial charge on any atom is 0.304 e. The number of rotatable bonds is 4. The summed E-state index contributed by atoms with van der Waals surface area (Å²) in [6.07, 6.45) is 2.62. The van der Waals surface area contributed by atoms with Gasteiger partial charge >= 0.3 is 5.97 Å². The maximum absolute atomic E-state index is 11.1. The quantitative estimate of drug-likeness (QED) is 0.903. The van der Waals surface area contributed by atoms with Crippen LogP contribution in [0, 0.1) is 6.92 Å². The van der Waals surface area contributed by atoms with Gasteiger partial charge in [0.25, 0.3) is 0 Å². The molecule has 1 N–H and O–H groups in total. The number of hydrogen-bond acceptors (Lipinski definition) is 2. The first kappa shape index (κ1) is 13.9. The lowest BCUT2D eigenvalue weighted by Gasteiger charge is -2.30. The molecule has 0 amide bonds. The number of hydrogen-bond donors (Lipinski definition) is 1. The highest BCUT2D eigenvalue weighted by atomic mass is 16.4. The number of carboxylic acid groups (broad SMARTS) is 1. The van der Waals surface area contributed by atoms with Crippen molar-refractivity contribution in [2.45, 2.75) is 45.4 Å². The smallest absolute Gasteiger partial charge is 0.304 e. The molecule has 3 nitrogen and oxygen atoms in total. The molecule has 0 aromatic heterocycles. The number of aliphatic carboxylic acids is 1. The van der Waals surface area contributed by atoms with Crippen LogP contribution in [0.4, 0.5) is 5.69 Å². The molecule has 1 aromatic rings. The van der Waals surface area contributed by atoms with Crippen LogP contribution < -0.4 is 4.90 Å².